The van der Waals surface area contributed by atoms with Gasteiger partial charge in [-0.25, -0.2) is 4.98 Å². The first-order valence-corrected chi connectivity index (χ1v) is 5.29. The third-order valence-electron chi connectivity index (χ3n) is 2.44. The Morgan fingerprint density at radius 1 is 1.53 bits per heavy atom. The minimum Gasteiger partial charge on any atom is -0.409 e. The number of amidine groups is 1. The number of nitrogens with two attached hydrogens (primary N) is 1. The Hall–Kier alpha value is -2.01. The predicted octanol–water partition coefficient (Wildman–Crippen LogP) is 1.93. The normalized spacial score (nSPS) is 11.8. The third-order valence-corrected chi connectivity index (χ3v) is 2.75. The summed E-state index contributed by atoms with van der Waals surface area (Å²) in [6.07, 6.45) is 3.55. The van der Waals surface area contributed by atoms with E-state index in [0.29, 0.717) is 10.6 Å². The zero-order chi connectivity index (χ0) is 12.4. The zero-order valence-electron chi connectivity index (χ0n) is 9.13. The van der Waals surface area contributed by atoms with Crippen LogP contribution in [-0.2, 0) is 0 Å². The quantitative estimate of drug-likeness (QED) is 0.370. The highest BCUT2D eigenvalue weighted by Gasteiger charge is 2.08. The van der Waals surface area contributed by atoms with E-state index in [1.54, 1.807) is 18.3 Å². The number of hydrogen-bond acceptors (Lipinski definition) is 3. The van der Waals surface area contributed by atoms with Gasteiger partial charge in [0.15, 0.2) is 5.84 Å². The van der Waals surface area contributed by atoms with Crippen LogP contribution < -0.4 is 5.73 Å². The molecule has 0 saturated heterocycles. The standard InChI is InChI=1S/C11H11ClN4O/c1-7-14-4-5-16(7)8-2-3-9(10(12)6-8)11(13)15-17/h2-6,17H,1H3,(H2,13,15). The fraction of sp³-hybridized carbons (Fsp3) is 0.0909. The first-order chi connectivity index (χ1) is 8.13. The number of nitrogens with zero attached hydrogens (tertiary/aromatic N) is 3. The van der Waals surface area contributed by atoms with E-state index in [0.717, 1.165) is 11.5 Å². The maximum Gasteiger partial charge on any atom is 0.171 e. The summed E-state index contributed by atoms with van der Waals surface area (Å²) in [6.45, 7) is 1.89. The second-order valence-corrected chi connectivity index (χ2v) is 3.90. The molecule has 0 spiro atoms. The summed E-state index contributed by atoms with van der Waals surface area (Å²) in [7, 11) is 0. The molecular formula is C11H11ClN4O. The molecule has 88 valence electrons. The van der Waals surface area contributed by atoms with E-state index in [1.807, 2.05) is 23.8 Å². The van der Waals surface area contributed by atoms with Gasteiger partial charge < -0.3 is 15.5 Å². The number of oxime groups is 1. The lowest BCUT2D eigenvalue weighted by atomic mass is 10.2. The number of halogens is 1. The Labute approximate surface area is 103 Å². The molecule has 1 aromatic carbocycles. The summed E-state index contributed by atoms with van der Waals surface area (Å²) in [5, 5.41) is 11.9. The molecule has 1 aromatic heterocycles. The number of aromatic nitrogens is 2. The molecule has 0 aliphatic rings. The summed E-state index contributed by atoms with van der Waals surface area (Å²) in [4.78, 5) is 4.13. The Morgan fingerprint density at radius 3 is 2.82 bits per heavy atom. The van der Waals surface area contributed by atoms with Gasteiger partial charge >= 0.3 is 0 Å². The van der Waals surface area contributed by atoms with Crippen molar-refractivity contribution in [2.75, 3.05) is 0 Å². The van der Waals surface area contributed by atoms with Crippen molar-refractivity contribution in [2.45, 2.75) is 6.92 Å². The Morgan fingerprint density at radius 2 is 2.29 bits per heavy atom. The van der Waals surface area contributed by atoms with E-state index in [-0.39, 0.29) is 5.84 Å². The van der Waals surface area contributed by atoms with Gasteiger partial charge in [0.2, 0.25) is 0 Å². The van der Waals surface area contributed by atoms with E-state index >= 15 is 0 Å². The van der Waals surface area contributed by atoms with Crippen LogP contribution >= 0.6 is 11.6 Å². The molecule has 0 radical (unpaired) electrons. The van der Waals surface area contributed by atoms with E-state index in [1.165, 1.54) is 0 Å². The van der Waals surface area contributed by atoms with Crippen molar-refractivity contribution in [1.82, 2.24) is 9.55 Å². The van der Waals surface area contributed by atoms with Crippen molar-refractivity contribution < 1.29 is 5.21 Å². The van der Waals surface area contributed by atoms with Crippen molar-refractivity contribution in [1.29, 1.82) is 0 Å². The summed E-state index contributed by atoms with van der Waals surface area (Å²) in [5.41, 5.74) is 6.86. The lowest BCUT2D eigenvalue weighted by Gasteiger charge is -2.08. The minimum atomic E-state index is -0.0103. The van der Waals surface area contributed by atoms with Crippen LogP contribution in [0.1, 0.15) is 11.4 Å². The molecule has 0 aliphatic carbocycles. The van der Waals surface area contributed by atoms with Crippen molar-refractivity contribution >= 4 is 17.4 Å². The second kappa shape index (κ2) is 4.47. The van der Waals surface area contributed by atoms with Crippen molar-refractivity contribution in [2.24, 2.45) is 10.9 Å². The summed E-state index contributed by atoms with van der Waals surface area (Å²) < 4.78 is 1.89. The molecule has 0 atom stereocenters. The van der Waals surface area contributed by atoms with Crippen LogP contribution in [-0.4, -0.2) is 20.6 Å². The molecule has 0 amide bonds. The molecular weight excluding hydrogens is 240 g/mol. The van der Waals surface area contributed by atoms with Crippen molar-refractivity contribution in [3.8, 4) is 5.69 Å². The van der Waals surface area contributed by atoms with Crippen LogP contribution in [0.2, 0.25) is 5.02 Å². The number of aryl methyl sites for hydroxylation is 1. The molecule has 0 aliphatic heterocycles. The number of benzene rings is 1. The minimum absolute atomic E-state index is 0.0103. The molecule has 0 saturated carbocycles. The number of imidazole rings is 1. The molecule has 2 aromatic rings. The average Bonchev–Trinajstić information content (AvgIpc) is 2.74. The smallest absolute Gasteiger partial charge is 0.171 e. The number of hydrogen-bond donors (Lipinski definition) is 2. The summed E-state index contributed by atoms with van der Waals surface area (Å²) in [5.74, 6) is 0.849. The van der Waals surface area contributed by atoms with E-state index in [9.17, 15) is 0 Å². The molecule has 2 rings (SSSR count). The monoisotopic (exact) mass is 250 g/mol. The zero-order valence-corrected chi connectivity index (χ0v) is 9.89. The summed E-state index contributed by atoms with van der Waals surface area (Å²) in [6, 6.07) is 5.27. The van der Waals surface area contributed by atoms with E-state index < -0.39 is 0 Å². The lowest BCUT2D eigenvalue weighted by Crippen LogP contribution is -2.13. The highest BCUT2D eigenvalue weighted by atomic mass is 35.5. The fourth-order valence-electron chi connectivity index (χ4n) is 1.57. The highest BCUT2D eigenvalue weighted by molar-refractivity contribution is 6.34. The van der Waals surface area contributed by atoms with Crippen LogP contribution in [0.5, 0.6) is 0 Å². The first-order valence-electron chi connectivity index (χ1n) is 4.91. The van der Waals surface area contributed by atoms with E-state index in [4.69, 9.17) is 22.5 Å². The second-order valence-electron chi connectivity index (χ2n) is 3.49. The highest BCUT2D eigenvalue weighted by Crippen LogP contribution is 2.20. The van der Waals surface area contributed by atoms with Gasteiger partial charge in [0.1, 0.15) is 5.82 Å². The SMILES string of the molecule is Cc1nccn1-c1ccc(C(N)=NO)c(Cl)c1. The molecule has 5 nitrogen and oxygen atoms in total. The molecule has 0 bridgehead atoms. The Balaban J connectivity index is 2.48. The van der Waals surface area contributed by atoms with Gasteiger partial charge in [-0.05, 0) is 25.1 Å². The molecule has 1 heterocycles. The van der Waals surface area contributed by atoms with Gasteiger partial charge in [-0.2, -0.15) is 0 Å². The van der Waals surface area contributed by atoms with Gasteiger partial charge in [0, 0.05) is 23.6 Å². The maximum absolute atomic E-state index is 8.60. The van der Waals surface area contributed by atoms with Crippen LogP contribution in [0.3, 0.4) is 0 Å². The topological polar surface area (TPSA) is 76.4 Å². The third kappa shape index (κ3) is 2.09. The fourth-order valence-corrected chi connectivity index (χ4v) is 1.84. The van der Waals surface area contributed by atoms with Gasteiger partial charge in [0.25, 0.3) is 0 Å². The lowest BCUT2D eigenvalue weighted by molar-refractivity contribution is 0.318. The molecule has 3 N–H and O–H groups in total. The average molecular weight is 251 g/mol. The maximum atomic E-state index is 8.60. The van der Waals surface area contributed by atoms with Gasteiger partial charge in [-0.3, -0.25) is 0 Å². The molecule has 6 heteroatoms. The van der Waals surface area contributed by atoms with Gasteiger partial charge in [-0.1, -0.05) is 16.8 Å². The molecule has 0 unspecified atom stereocenters. The van der Waals surface area contributed by atoms with Gasteiger partial charge in [0.05, 0.1) is 5.02 Å². The Bertz CT molecular complexity index is 577. The molecule has 17 heavy (non-hydrogen) atoms. The van der Waals surface area contributed by atoms with Crippen molar-refractivity contribution in [3.63, 3.8) is 0 Å². The number of rotatable bonds is 2. The summed E-state index contributed by atoms with van der Waals surface area (Å²) >= 11 is 6.07. The van der Waals surface area contributed by atoms with E-state index in [2.05, 4.69) is 10.1 Å². The first kappa shape index (κ1) is 11.5. The van der Waals surface area contributed by atoms with Crippen molar-refractivity contribution in [3.05, 3.63) is 47.0 Å². The van der Waals surface area contributed by atoms with Crippen LogP contribution in [0.25, 0.3) is 5.69 Å². The predicted molar refractivity (Wildman–Crippen MR) is 65.8 cm³/mol. The van der Waals surface area contributed by atoms with Crippen LogP contribution in [0, 0.1) is 6.92 Å². The van der Waals surface area contributed by atoms with Crippen LogP contribution in [0.15, 0.2) is 35.7 Å². The largest absolute Gasteiger partial charge is 0.409 e. The Kier molecular flexibility index (Phi) is 3.01. The van der Waals surface area contributed by atoms with Gasteiger partial charge in [-0.15, -0.1) is 0 Å². The van der Waals surface area contributed by atoms with Crippen LogP contribution in [0.4, 0.5) is 0 Å². The molecule has 0 fully saturated rings.